The molecular weight excluding hydrogens is 304 g/mol. The Kier molecular flexibility index (Phi) is 7.26. The third kappa shape index (κ3) is 6.02. The van der Waals surface area contributed by atoms with E-state index in [4.69, 9.17) is 4.74 Å². The van der Waals surface area contributed by atoms with Crippen LogP contribution in [0.25, 0.3) is 0 Å². The van der Waals surface area contributed by atoms with Gasteiger partial charge in [-0.05, 0) is 24.1 Å². The molecule has 0 aliphatic carbocycles. The summed E-state index contributed by atoms with van der Waals surface area (Å²) in [6.45, 7) is 1.46. The fraction of sp³-hybridized carbons (Fsp3) is 0.316. The van der Waals surface area contributed by atoms with E-state index in [2.05, 4.69) is 17.4 Å². The van der Waals surface area contributed by atoms with Gasteiger partial charge in [0.2, 0.25) is 5.91 Å². The molecule has 0 aliphatic rings. The van der Waals surface area contributed by atoms with E-state index in [1.807, 2.05) is 41.3 Å². The molecule has 2 N–H and O–H groups in total. The summed E-state index contributed by atoms with van der Waals surface area (Å²) >= 11 is 0. The summed E-state index contributed by atoms with van der Waals surface area (Å²) < 4.78 is 5.15. The minimum Gasteiger partial charge on any atom is -0.497 e. The normalized spacial score (nSPS) is 10.6. The first kappa shape index (κ1) is 18.0. The first-order chi connectivity index (χ1) is 11.7. The quantitative estimate of drug-likeness (QED) is 0.741. The van der Waals surface area contributed by atoms with Gasteiger partial charge in [-0.3, -0.25) is 9.69 Å². The second-order valence-corrected chi connectivity index (χ2v) is 5.52. The standard InChI is InChI=1S/C19H24N2O3/c1-24-18-9-5-8-17(14-18)20-19(23)15-21(12-13-22)11-10-16-6-3-2-4-7-16/h2-9,14,22H,10-13,15H2,1H3,(H,20,23). The maximum absolute atomic E-state index is 12.2. The van der Waals surface area contributed by atoms with Crippen molar-refractivity contribution in [2.75, 3.05) is 38.7 Å². The molecule has 0 spiro atoms. The van der Waals surface area contributed by atoms with Gasteiger partial charge in [0.25, 0.3) is 0 Å². The molecule has 128 valence electrons. The number of nitrogens with zero attached hydrogens (tertiary/aromatic N) is 1. The smallest absolute Gasteiger partial charge is 0.238 e. The Morgan fingerprint density at radius 2 is 1.92 bits per heavy atom. The summed E-state index contributed by atoms with van der Waals surface area (Å²) in [4.78, 5) is 14.2. The van der Waals surface area contributed by atoms with E-state index in [-0.39, 0.29) is 19.1 Å². The largest absolute Gasteiger partial charge is 0.497 e. The predicted molar refractivity (Wildman–Crippen MR) is 95.3 cm³/mol. The van der Waals surface area contributed by atoms with E-state index in [1.165, 1.54) is 5.56 Å². The van der Waals surface area contributed by atoms with Gasteiger partial charge >= 0.3 is 0 Å². The van der Waals surface area contributed by atoms with Crippen molar-refractivity contribution >= 4 is 11.6 Å². The molecule has 2 aromatic carbocycles. The van der Waals surface area contributed by atoms with Gasteiger partial charge in [0.15, 0.2) is 0 Å². The summed E-state index contributed by atoms with van der Waals surface area (Å²) in [5.74, 6) is 0.592. The van der Waals surface area contributed by atoms with Crippen LogP contribution in [0.15, 0.2) is 54.6 Å². The molecule has 0 aliphatic heterocycles. The van der Waals surface area contributed by atoms with Gasteiger partial charge in [-0.2, -0.15) is 0 Å². The number of aliphatic hydroxyl groups is 1. The lowest BCUT2D eigenvalue weighted by Gasteiger charge is -2.20. The number of carbonyl (C=O) groups excluding carboxylic acids is 1. The molecule has 2 aromatic rings. The number of methoxy groups -OCH3 is 1. The number of hydrogen-bond donors (Lipinski definition) is 2. The van der Waals surface area contributed by atoms with Gasteiger partial charge < -0.3 is 15.2 Å². The van der Waals surface area contributed by atoms with E-state index in [1.54, 1.807) is 13.2 Å². The summed E-state index contributed by atoms with van der Waals surface area (Å²) in [5.41, 5.74) is 1.92. The number of benzene rings is 2. The van der Waals surface area contributed by atoms with Gasteiger partial charge in [0, 0.05) is 24.8 Å². The molecule has 5 nitrogen and oxygen atoms in total. The number of carbonyl (C=O) groups is 1. The van der Waals surface area contributed by atoms with Crippen LogP contribution >= 0.6 is 0 Å². The van der Waals surface area contributed by atoms with Crippen LogP contribution in [0, 0.1) is 0 Å². The van der Waals surface area contributed by atoms with Crippen molar-refractivity contribution in [3.63, 3.8) is 0 Å². The molecule has 0 bridgehead atoms. The average molecular weight is 328 g/mol. The van der Waals surface area contributed by atoms with E-state index < -0.39 is 0 Å². The minimum atomic E-state index is -0.107. The van der Waals surface area contributed by atoms with E-state index in [0.717, 1.165) is 13.0 Å². The number of rotatable bonds is 9. The zero-order chi connectivity index (χ0) is 17.2. The maximum Gasteiger partial charge on any atom is 0.238 e. The third-order valence-electron chi connectivity index (χ3n) is 3.70. The highest BCUT2D eigenvalue weighted by atomic mass is 16.5. The van der Waals surface area contributed by atoms with Crippen molar-refractivity contribution in [3.8, 4) is 5.75 Å². The van der Waals surface area contributed by atoms with Gasteiger partial charge in [0.1, 0.15) is 5.75 Å². The Bertz CT molecular complexity index is 632. The van der Waals surface area contributed by atoms with Crippen molar-refractivity contribution in [1.82, 2.24) is 4.90 Å². The Morgan fingerprint density at radius 1 is 1.12 bits per heavy atom. The number of nitrogens with one attached hydrogen (secondary N) is 1. The number of amides is 1. The van der Waals surface area contributed by atoms with Crippen molar-refractivity contribution in [2.24, 2.45) is 0 Å². The van der Waals surface area contributed by atoms with Gasteiger partial charge in [-0.1, -0.05) is 36.4 Å². The Balaban J connectivity index is 1.87. The monoisotopic (exact) mass is 328 g/mol. The van der Waals surface area contributed by atoms with E-state index in [9.17, 15) is 9.90 Å². The molecule has 24 heavy (non-hydrogen) atoms. The summed E-state index contributed by atoms with van der Waals surface area (Å²) in [6.07, 6.45) is 0.841. The highest BCUT2D eigenvalue weighted by Crippen LogP contribution is 2.16. The van der Waals surface area contributed by atoms with Crippen LogP contribution in [0.2, 0.25) is 0 Å². The number of aliphatic hydroxyl groups excluding tert-OH is 1. The Labute approximate surface area is 142 Å². The highest BCUT2D eigenvalue weighted by molar-refractivity contribution is 5.92. The second-order valence-electron chi connectivity index (χ2n) is 5.52. The summed E-state index contributed by atoms with van der Waals surface area (Å²) in [7, 11) is 1.59. The molecule has 0 saturated carbocycles. The number of anilines is 1. The average Bonchev–Trinajstić information content (AvgIpc) is 2.61. The lowest BCUT2D eigenvalue weighted by molar-refractivity contribution is -0.117. The SMILES string of the molecule is COc1cccc(NC(=O)CN(CCO)CCc2ccccc2)c1. The molecule has 0 unspecified atom stereocenters. The third-order valence-corrected chi connectivity index (χ3v) is 3.70. The van der Waals surface area contributed by atoms with E-state index in [0.29, 0.717) is 18.0 Å². The van der Waals surface area contributed by atoms with Crippen LogP contribution in [-0.2, 0) is 11.2 Å². The molecule has 2 rings (SSSR count). The topological polar surface area (TPSA) is 61.8 Å². The van der Waals surface area contributed by atoms with Crippen LogP contribution in [0.1, 0.15) is 5.56 Å². The fourth-order valence-corrected chi connectivity index (χ4v) is 2.45. The Morgan fingerprint density at radius 3 is 2.62 bits per heavy atom. The van der Waals surface area contributed by atoms with Gasteiger partial charge in [-0.15, -0.1) is 0 Å². The lowest BCUT2D eigenvalue weighted by atomic mass is 10.1. The van der Waals surface area contributed by atoms with Crippen molar-refractivity contribution < 1.29 is 14.6 Å². The molecule has 0 aromatic heterocycles. The number of ether oxygens (including phenoxy) is 1. The highest BCUT2D eigenvalue weighted by Gasteiger charge is 2.11. The van der Waals surface area contributed by atoms with Gasteiger partial charge in [-0.25, -0.2) is 0 Å². The van der Waals surface area contributed by atoms with Crippen molar-refractivity contribution in [2.45, 2.75) is 6.42 Å². The van der Waals surface area contributed by atoms with Crippen LogP contribution in [0.4, 0.5) is 5.69 Å². The lowest BCUT2D eigenvalue weighted by Crippen LogP contribution is -2.36. The van der Waals surface area contributed by atoms with Crippen LogP contribution in [0.5, 0.6) is 5.75 Å². The Hall–Kier alpha value is -2.37. The van der Waals surface area contributed by atoms with E-state index >= 15 is 0 Å². The molecule has 0 fully saturated rings. The first-order valence-electron chi connectivity index (χ1n) is 8.02. The minimum absolute atomic E-state index is 0.0290. The zero-order valence-electron chi connectivity index (χ0n) is 13.9. The second kappa shape index (κ2) is 9.70. The molecule has 0 saturated heterocycles. The van der Waals surface area contributed by atoms with Gasteiger partial charge in [0.05, 0.1) is 20.3 Å². The molecule has 5 heteroatoms. The molecule has 0 radical (unpaired) electrons. The van der Waals surface area contributed by atoms with Crippen LogP contribution < -0.4 is 10.1 Å². The summed E-state index contributed by atoms with van der Waals surface area (Å²) in [5, 5.41) is 12.1. The fourth-order valence-electron chi connectivity index (χ4n) is 2.45. The van der Waals surface area contributed by atoms with Crippen molar-refractivity contribution in [1.29, 1.82) is 0 Å². The summed E-state index contributed by atoms with van der Waals surface area (Å²) in [6, 6.07) is 17.4. The predicted octanol–water partition coefficient (Wildman–Crippen LogP) is 2.17. The molecular formula is C19H24N2O3. The van der Waals surface area contributed by atoms with Crippen molar-refractivity contribution in [3.05, 3.63) is 60.2 Å². The van der Waals surface area contributed by atoms with Crippen LogP contribution in [-0.4, -0.2) is 49.3 Å². The molecule has 0 heterocycles. The zero-order valence-corrected chi connectivity index (χ0v) is 13.9. The molecule has 1 amide bonds. The molecule has 0 atom stereocenters. The van der Waals surface area contributed by atoms with Crippen LogP contribution in [0.3, 0.4) is 0 Å². The first-order valence-corrected chi connectivity index (χ1v) is 8.02. The maximum atomic E-state index is 12.2. The number of hydrogen-bond acceptors (Lipinski definition) is 4.